The van der Waals surface area contributed by atoms with E-state index in [0.717, 1.165) is 17.4 Å². The lowest BCUT2D eigenvalue weighted by molar-refractivity contribution is -0.870. The molecule has 1 aromatic rings. The lowest BCUT2D eigenvalue weighted by atomic mass is 10.0. The Bertz CT molecular complexity index is 827. The van der Waals surface area contributed by atoms with Gasteiger partial charge in [-0.05, 0) is 12.5 Å². The number of nitrogens with zero attached hydrogens (tertiary/aromatic N) is 3. The Labute approximate surface area is 275 Å². The Morgan fingerprint density at radius 1 is 0.659 bits per heavy atom. The van der Waals surface area contributed by atoms with Gasteiger partial charge in [0.1, 0.15) is 12.6 Å². The van der Waals surface area contributed by atoms with Gasteiger partial charge in [-0.1, -0.05) is 103 Å². The molecule has 1 rings (SSSR count). The normalized spacial score (nSPS) is 14.0. The summed E-state index contributed by atoms with van der Waals surface area (Å²) in [5.74, 6) is 1.52. The topological polar surface area (TPSA) is 87.6 Å². The van der Waals surface area contributed by atoms with Crippen LogP contribution in [0.5, 0.6) is 6.01 Å². The first-order valence-electron chi connectivity index (χ1n) is 17.4. The number of unbranched alkanes of at least 4 members (excludes halogenated alkanes) is 15. The van der Waals surface area contributed by atoms with Crippen LogP contribution < -0.4 is 4.74 Å². The Morgan fingerprint density at radius 2 is 1.18 bits per heavy atom. The van der Waals surface area contributed by atoms with Crippen molar-refractivity contribution < 1.29 is 27.1 Å². The van der Waals surface area contributed by atoms with Gasteiger partial charge >= 0.3 is 6.01 Å². The highest BCUT2D eigenvalue weighted by Crippen LogP contribution is 2.14. The number of hydrogen-bond donors (Lipinski definition) is 0. The third kappa shape index (κ3) is 27.4. The minimum absolute atomic E-state index is 0.259. The van der Waals surface area contributed by atoms with Crippen molar-refractivity contribution in [2.75, 3.05) is 77.1 Å². The van der Waals surface area contributed by atoms with Gasteiger partial charge < -0.3 is 18.7 Å². The summed E-state index contributed by atoms with van der Waals surface area (Å²) >= 11 is 0. The SMILES string of the molecule is CCCCCCCCCCCCCCCCCCOCC(CS(=O)CCS(=O)CCOCC[N+](C)(C)C)Oc1ncccn1. The second-order valence-corrected chi connectivity index (χ2v) is 16.3. The number of ether oxygens (including phenoxy) is 3. The maximum Gasteiger partial charge on any atom is 0.316 e. The van der Waals surface area contributed by atoms with Crippen LogP contribution in [0.25, 0.3) is 0 Å². The van der Waals surface area contributed by atoms with Crippen molar-refractivity contribution in [3.8, 4) is 6.01 Å². The molecule has 1 heterocycles. The molecule has 0 saturated carbocycles. The summed E-state index contributed by atoms with van der Waals surface area (Å²) in [4.78, 5) is 8.28. The molecule has 3 unspecified atom stereocenters. The van der Waals surface area contributed by atoms with E-state index in [-0.39, 0.29) is 6.01 Å². The van der Waals surface area contributed by atoms with Crippen molar-refractivity contribution in [3.05, 3.63) is 18.5 Å². The molecule has 1 aromatic heterocycles. The van der Waals surface area contributed by atoms with Crippen molar-refractivity contribution >= 4 is 21.6 Å². The van der Waals surface area contributed by atoms with E-state index in [1.54, 1.807) is 18.5 Å². The van der Waals surface area contributed by atoms with Gasteiger partial charge in [-0.25, -0.2) is 9.97 Å². The average Bonchev–Trinajstić information content (AvgIpc) is 2.99. The van der Waals surface area contributed by atoms with E-state index in [4.69, 9.17) is 14.2 Å². The summed E-state index contributed by atoms with van der Waals surface area (Å²) in [7, 11) is 4.11. The van der Waals surface area contributed by atoms with E-state index < -0.39 is 27.7 Å². The highest BCUT2D eigenvalue weighted by Gasteiger charge is 2.17. The second kappa shape index (κ2) is 28.3. The molecule has 0 aliphatic carbocycles. The highest BCUT2D eigenvalue weighted by atomic mass is 32.2. The van der Waals surface area contributed by atoms with E-state index in [0.29, 0.717) is 49.4 Å². The molecule has 44 heavy (non-hydrogen) atoms. The van der Waals surface area contributed by atoms with E-state index in [1.807, 2.05) is 0 Å². The summed E-state index contributed by atoms with van der Waals surface area (Å²) in [6.45, 7) is 5.30. The standard InChI is InChI=1S/C34H66N3O5S2/c1-5-6-7-8-9-10-11-12-13-14-15-16-17-18-19-20-25-41-31-33(42-34-35-22-21-23-36-34)32-44(39)30-29-43(38)28-27-40-26-24-37(2,3)4/h21-23,33H,5-20,24-32H2,1-4H3/q+1. The first kappa shape index (κ1) is 41.1. The molecule has 0 amide bonds. The van der Waals surface area contributed by atoms with Gasteiger partial charge in [-0.2, -0.15) is 0 Å². The molecule has 0 fully saturated rings. The summed E-state index contributed by atoms with van der Waals surface area (Å²) in [5.41, 5.74) is 0. The van der Waals surface area contributed by atoms with Gasteiger partial charge in [0.15, 0.2) is 0 Å². The first-order valence-corrected chi connectivity index (χ1v) is 20.4. The maximum atomic E-state index is 12.8. The molecule has 0 radical (unpaired) electrons. The Hall–Kier alpha value is -0.940. The molecule has 0 aliphatic rings. The fourth-order valence-electron chi connectivity index (χ4n) is 4.75. The fraction of sp³-hybridized carbons (Fsp3) is 0.882. The van der Waals surface area contributed by atoms with Crippen LogP contribution in [0.3, 0.4) is 0 Å². The monoisotopic (exact) mass is 660 g/mol. The first-order chi connectivity index (χ1) is 21.3. The van der Waals surface area contributed by atoms with E-state index in [2.05, 4.69) is 38.0 Å². The fourth-order valence-corrected chi connectivity index (χ4v) is 7.49. The molecule has 0 aromatic carbocycles. The van der Waals surface area contributed by atoms with Crippen LogP contribution in [-0.4, -0.2) is 106 Å². The van der Waals surface area contributed by atoms with Crippen LogP contribution in [0, 0.1) is 0 Å². The minimum Gasteiger partial charge on any atom is -0.457 e. The Balaban J connectivity index is 2.13. The number of rotatable bonds is 32. The second-order valence-electron chi connectivity index (χ2n) is 12.9. The zero-order valence-electron chi connectivity index (χ0n) is 28.7. The predicted octanol–water partition coefficient (Wildman–Crippen LogP) is 6.72. The smallest absolute Gasteiger partial charge is 0.316 e. The molecule has 10 heteroatoms. The van der Waals surface area contributed by atoms with Crippen molar-refractivity contribution in [1.29, 1.82) is 0 Å². The summed E-state index contributed by atoms with van der Waals surface area (Å²) in [6, 6.07) is 1.99. The predicted molar refractivity (Wildman–Crippen MR) is 186 cm³/mol. The van der Waals surface area contributed by atoms with Gasteiger partial charge in [0.05, 0.1) is 46.7 Å². The zero-order chi connectivity index (χ0) is 32.1. The Kier molecular flexibility index (Phi) is 26.4. The van der Waals surface area contributed by atoms with Crippen molar-refractivity contribution in [3.63, 3.8) is 0 Å². The maximum absolute atomic E-state index is 12.8. The average molecular weight is 661 g/mol. The number of aromatic nitrogens is 2. The third-order valence-electron chi connectivity index (χ3n) is 7.53. The van der Waals surface area contributed by atoms with Crippen LogP contribution >= 0.6 is 0 Å². The van der Waals surface area contributed by atoms with Gasteiger partial charge in [-0.3, -0.25) is 8.42 Å². The van der Waals surface area contributed by atoms with Gasteiger partial charge in [0.25, 0.3) is 0 Å². The lowest BCUT2D eigenvalue weighted by Gasteiger charge is -2.23. The molecule has 258 valence electrons. The highest BCUT2D eigenvalue weighted by molar-refractivity contribution is 7.88. The summed E-state index contributed by atoms with van der Waals surface area (Å²) < 4.78 is 43.4. The number of quaternary nitrogens is 1. The minimum atomic E-state index is -1.18. The summed E-state index contributed by atoms with van der Waals surface area (Å²) in [6.07, 6.45) is 24.3. The largest absolute Gasteiger partial charge is 0.457 e. The zero-order valence-corrected chi connectivity index (χ0v) is 30.3. The van der Waals surface area contributed by atoms with Crippen LogP contribution in [0.4, 0.5) is 0 Å². The van der Waals surface area contributed by atoms with E-state index in [9.17, 15) is 8.42 Å². The molecule has 8 nitrogen and oxygen atoms in total. The van der Waals surface area contributed by atoms with Crippen molar-refractivity contribution in [2.45, 2.75) is 116 Å². The van der Waals surface area contributed by atoms with Crippen LogP contribution in [-0.2, 0) is 31.1 Å². The van der Waals surface area contributed by atoms with E-state index in [1.165, 1.54) is 96.3 Å². The van der Waals surface area contributed by atoms with Crippen molar-refractivity contribution in [2.24, 2.45) is 0 Å². The van der Waals surface area contributed by atoms with Crippen LogP contribution in [0.2, 0.25) is 0 Å². The van der Waals surface area contributed by atoms with E-state index >= 15 is 0 Å². The molecule has 0 N–H and O–H groups in total. The van der Waals surface area contributed by atoms with Gasteiger partial charge in [-0.15, -0.1) is 0 Å². The van der Waals surface area contributed by atoms with Crippen LogP contribution in [0.1, 0.15) is 110 Å². The molecule has 0 saturated heterocycles. The number of hydrogen-bond acceptors (Lipinski definition) is 7. The molecule has 3 atom stereocenters. The molecule has 0 spiro atoms. The van der Waals surface area contributed by atoms with Gasteiger partial charge in [0, 0.05) is 57.9 Å². The summed E-state index contributed by atoms with van der Waals surface area (Å²) in [5, 5.41) is 0. The van der Waals surface area contributed by atoms with Crippen LogP contribution in [0.15, 0.2) is 18.5 Å². The molecule has 0 aliphatic heterocycles. The van der Waals surface area contributed by atoms with Crippen molar-refractivity contribution in [1.82, 2.24) is 9.97 Å². The lowest BCUT2D eigenvalue weighted by Crippen LogP contribution is -2.37. The molecular formula is C34H66N3O5S2+. The third-order valence-corrected chi connectivity index (χ3v) is 10.5. The molecule has 0 bridgehead atoms. The number of likely N-dealkylation sites (N-methyl/N-ethyl adjacent to an activating group) is 1. The quantitative estimate of drug-likeness (QED) is 0.0626. The molecular weight excluding hydrogens is 595 g/mol. The van der Waals surface area contributed by atoms with Gasteiger partial charge in [0.2, 0.25) is 0 Å². The Morgan fingerprint density at radius 3 is 1.73 bits per heavy atom.